The zero-order valence-electron chi connectivity index (χ0n) is 20.3. The van der Waals surface area contributed by atoms with Gasteiger partial charge in [-0.2, -0.15) is 0 Å². The number of hydrogen-bond acceptors (Lipinski definition) is 7. The van der Waals surface area contributed by atoms with Crippen LogP contribution in [0.3, 0.4) is 0 Å². The van der Waals surface area contributed by atoms with Crippen molar-refractivity contribution < 1.29 is 27.9 Å². The molecule has 0 saturated carbocycles. The normalized spacial score (nSPS) is 16.3. The van der Waals surface area contributed by atoms with E-state index < -0.39 is 33.9 Å². The maximum atomic E-state index is 13.1. The average Bonchev–Trinajstić information content (AvgIpc) is 2.88. The lowest BCUT2D eigenvalue weighted by atomic mass is 10.0. The van der Waals surface area contributed by atoms with E-state index in [0.29, 0.717) is 28.1 Å². The number of morpholine rings is 1. The summed E-state index contributed by atoms with van der Waals surface area (Å²) in [5.74, 6) is -1.51. The number of aliphatic hydroxyl groups excluding tert-OH is 1. The van der Waals surface area contributed by atoms with Crippen LogP contribution >= 0.6 is 12.4 Å². The Morgan fingerprint density at radius 3 is 2.34 bits per heavy atom. The molecule has 0 radical (unpaired) electrons. The van der Waals surface area contributed by atoms with E-state index in [-0.39, 0.29) is 36.3 Å². The van der Waals surface area contributed by atoms with Crippen LogP contribution < -0.4 is 16.0 Å². The number of sulfone groups is 1. The maximum Gasteiger partial charge on any atom is 0.259 e. The second-order valence-electron chi connectivity index (χ2n) is 8.52. The van der Waals surface area contributed by atoms with Crippen molar-refractivity contribution in [2.75, 3.05) is 29.6 Å². The highest BCUT2D eigenvalue weighted by atomic mass is 35.5. The van der Waals surface area contributed by atoms with E-state index in [2.05, 4.69) is 5.32 Å². The highest BCUT2D eigenvalue weighted by Crippen LogP contribution is 2.30. The second-order valence-corrected chi connectivity index (χ2v) is 10.5. The highest BCUT2D eigenvalue weighted by molar-refractivity contribution is 7.90. The van der Waals surface area contributed by atoms with Crippen LogP contribution in [0, 0.1) is 5.41 Å². The molecule has 38 heavy (non-hydrogen) atoms. The molecule has 1 aliphatic rings. The SMILES string of the molecule is CS(=O)(=O)c1ccccc1-c1ccc(N2CCO[C@H](C(O)C(=O)Nc3ccc(C(=N)N)cc3)C2=O)cc1.Cl. The summed E-state index contributed by atoms with van der Waals surface area (Å²) in [5, 5.41) is 20.5. The number of aliphatic hydroxyl groups is 1. The first-order valence-electron chi connectivity index (χ1n) is 11.3. The number of halogens is 1. The number of carbonyl (C=O) groups excluding carboxylic acids is 2. The van der Waals surface area contributed by atoms with Crippen molar-refractivity contribution in [2.24, 2.45) is 5.73 Å². The lowest BCUT2D eigenvalue weighted by Crippen LogP contribution is -2.55. The molecule has 200 valence electrons. The molecule has 4 rings (SSSR count). The van der Waals surface area contributed by atoms with E-state index in [1.54, 1.807) is 60.7 Å². The number of hydrogen-bond donors (Lipinski definition) is 4. The van der Waals surface area contributed by atoms with Crippen molar-refractivity contribution in [1.29, 1.82) is 5.41 Å². The van der Waals surface area contributed by atoms with Gasteiger partial charge in [-0.25, -0.2) is 8.42 Å². The molecular weight excluding hydrogens is 532 g/mol. The number of nitrogens with zero attached hydrogens (tertiary/aromatic N) is 1. The van der Waals surface area contributed by atoms with Crippen molar-refractivity contribution in [3.05, 3.63) is 78.4 Å². The Morgan fingerprint density at radius 1 is 1.11 bits per heavy atom. The lowest BCUT2D eigenvalue weighted by Gasteiger charge is -2.34. The molecular formula is C26H27ClN4O6S. The quantitative estimate of drug-likeness (QED) is 0.255. The zero-order valence-corrected chi connectivity index (χ0v) is 22.0. The van der Waals surface area contributed by atoms with Crippen molar-refractivity contribution in [3.8, 4) is 11.1 Å². The van der Waals surface area contributed by atoms with Crippen LogP contribution in [-0.4, -0.2) is 62.8 Å². The lowest BCUT2D eigenvalue weighted by molar-refractivity contribution is -0.150. The number of benzene rings is 3. The molecule has 3 aromatic carbocycles. The minimum Gasteiger partial charge on any atom is -0.384 e. The van der Waals surface area contributed by atoms with Gasteiger partial charge in [-0.3, -0.25) is 15.0 Å². The van der Waals surface area contributed by atoms with E-state index in [9.17, 15) is 23.1 Å². The number of ether oxygens (including phenoxy) is 1. The van der Waals surface area contributed by atoms with Crippen LogP contribution in [0.2, 0.25) is 0 Å². The fourth-order valence-corrected chi connectivity index (χ4v) is 4.94. The van der Waals surface area contributed by atoms with Gasteiger partial charge in [0.15, 0.2) is 22.0 Å². The number of anilines is 2. The summed E-state index contributed by atoms with van der Waals surface area (Å²) >= 11 is 0. The van der Waals surface area contributed by atoms with Gasteiger partial charge in [0.2, 0.25) is 0 Å². The summed E-state index contributed by atoms with van der Waals surface area (Å²) < 4.78 is 29.8. The molecule has 12 heteroatoms. The van der Waals surface area contributed by atoms with Crippen LogP contribution in [0.4, 0.5) is 11.4 Å². The van der Waals surface area contributed by atoms with E-state index in [1.807, 2.05) is 0 Å². The molecule has 0 aliphatic carbocycles. The predicted molar refractivity (Wildman–Crippen MR) is 146 cm³/mol. The molecule has 1 aliphatic heterocycles. The van der Waals surface area contributed by atoms with Crippen LogP contribution in [0.25, 0.3) is 11.1 Å². The molecule has 0 spiro atoms. The number of carbonyl (C=O) groups is 2. The van der Waals surface area contributed by atoms with E-state index in [0.717, 1.165) is 6.26 Å². The van der Waals surface area contributed by atoms with Gasteiger partial charge in [0.1, 0.15) is 5.84 Å². The van der Waals surface area contributed by atoms with Gasteiger partial charge in [-0.05, 0) is 48.0 Å². The van der Waals surface area contributed by atoms with Crippen LogP contribution in [0.1, 0.15) is 5.56 Å². The van der Waals surface area contributed by atoms with Crippen molar-refractivity contribution in [3.63, 3.8) is 0 Å². The number of nitrogens with two attached hydrogens (primary N) is 1. The Morgan fingerprint density at radius 2 is 1.74 bits per heavy atom. The van der Waals surface area contributed by atoms with Gasteiger partial charge in [0.05, 0.1) is 11.5 Å². The molecule has 3 aromatic rings. The zero-order chi connectivity index (χ0) is 26.7. The summed E-state index contributed by atoms with van der Waals surface area (Å²) in [4.78, 5) is 27.4. The standard InChI is InChI=1S/C26H26N4O6S.ClH/c1-37(34,35)21-5-3-2-4-20(21)16-8-12-19(13-9-16)30-14-15-36-23(26(30)33)22(31)25(32)29-18-10-6-17(7-11-18)24(27)28;/h2-13,22-23,31H,14-15H2,1H3,(H3,27,28)(H,29,32);1H/t22?,23-;/m1./s1. The van der Waals surface area contributed by atoms with Crippen LogP contribution in [0.5, 0.6) is 0 Å². The van der Waals surface area contributed by atoms with Gasteiger partial charge in [-0.1, -0.05) is 30.3 Å². The van der Waals surface area contributed by atoms with Gasteiger partial charge in [0.25, 0.3) is 11.8 Å². The Kier molecular flexibility index (Phi) is 8.89. The minimum absolute atomic E-state index is 0. The fourth-order valence-electron chi connectivity index (χ4n) is 4.02. The maximum absolute atomic E-state index is 13.1. The first-order chi connectivity index (χ1) is 17.6. The highest BCUT2D eigenvalue weighted by Gasteiger charge is 2.39. The molecule has 2 amide bonds. The third-order valence-corrected chi connectivity index (χ3v) is 7.07. The predicted octanol–water partition coefficient (Wildman–Crippen LogP) is 2.19. The largest absolute Gasteiger partial charge is 0.384 e. The number of nitrogens with one attached hydrogen (secondary N) is 2. The third kappa shape index (κ3) is 6.20. The monoisotopic (exact) mass is 558 g/mol. The second kappa shape index (κ2) is 11.7. The Bertz CT molecular complexity index is 1450. The van der Waals surface area contributed by atoms with E-state index >= 15 is 0 Å². The molecule has 1 heterocycles. The summed E-state index contributed by atoms with van der Waals surface area (Å²) in [7, 11) is -3.44. The van der Waals surface area contributed by atoms with Crippen LogP contribution in [-0.2, 0) is 24.2 Å². The van der Waals surface area contributed by atoms with Crippen molar-refractivity contribution >= 4 is 51.3 Å². The van der Waals surface area contributed by atoms with E-state index in [1.165, 1.54) is 17.0 Å². The number of nitrogen functional groups attached to an aromatic ring is 1. The Balaban J connectivity index is 0.00000400. The van der Waals surface area contributed by atoms with Crippen molar-refractivity contribution in [2.45, 2.75) is 17.1 Å². The molecule has 10 nitrogen and oxygen atoms in total. The van der Waals surface area contributed by atoms with E-state index in [4.69, 9.17) is 15.9 Å². The smallest absolute Gasteiger partial charge is 0.259 e. The molecule has 1 saturated heterocycles. The minimum atomic E-state index is -3.44. The van der Waals surface area contributed by atoms with Crippen LogP contribution in [0.15, 0.2) is 77.7 Å². The Hall–Kier alpha value is -3.77. The number of amides is 2. The van der Waals surface area contributed by atoms with Gasteiger partial charge in [-0.15, -0.1) is 12.4 Å². The molecule has 5 N–H and O–H groups in total. The summed E-state index contributed by atoms with van der Waals surface area (Å²) in [6.07, 6.45) is -2.02. The summed E-state index contributed by atoms with van der Waals surface area (Å²) in [6, 6.07) is 19.6. The first-order valence-corrected chi connectivity index (χ1v) is 13.2. The molecule has 1 unspecified atom stereocenters. The molecule has 0 bridgehead atoms. The fraction of sp³-hybridized carbons (Fsp3) is 0.192. The topological polar surface area (TPSA) is 163 Å². The molecule has 2 atom stereocenters. The average molecular weight is 559 g/mol. The van der Waals surface area contributed by atoms with Gasteiger partial charge < -0.3 is 25.8 Å². The number of rotatable bonds is 7. The Labute approximate surface area is 226 Å². The van der Waals surface area contributed by atoms with Gasteiger partial charge >= 0.3 is 0 Å². The summed E-state index contributed by atoms with van der Waals surface area (Å²) in [5.41, 5.74) is 7.99. The van der Waals surface area contributed by atoms with Gasteiger partial charge in [0, 0.05) is 35.3 Å². The molecule has 1 fully saturated rings. The van der Waals surface area contributed by atoms with Crippen molar-refractivity contribution in [1.82, 2.24) is 0 Å². The first kappa shape index (κ1) is 28.8. The molecule has 0 aromatic heterocycles. The number of amidine groups is 1. The summed E-state index contributed by atoms with van der Waals surface area (Å²) in [6.45, 7) is 0.322. The third-order valence-electron chi connectivity index (χ3n) is 5.92.